The molecule has 4 saturated carbocycles. The molecule has 0 unspecified atom stereocenters. The van der Waals surface area contributed by atoms with Crippen LogP contribution in [0.3, 0.4) is 0 Å². The lowest BCUT2D eigenvalue weighted by atomic mass is 9.33. The van der Waals surface area contributed by atoms with E-state index in [1.54, 1.807) is 24.3 Å². The van der Waals surface area contributed by atoms with Gasteiger partial charge in [-0.3, -0.25) is 9.59 Å². The Morgan fingerprint density at radius 3 is 1.68 bits per heavy atom. The molecule has 11 fully saturated rings. The molecule has 7 saturated heterocycles. The molecule has 12 aliphatic rings. The van der Waals surface area contributed by atoms with Crippen LogP contribution in [-0.2, 0) is 85.4 Å². The summed E-state index contributed by atoms with van der Waals surface area (Å²) in [6, 6.07) is 6.56. The van der Waals surface area contributed by atoms with Gasteiger partial charge in [-0.05, 0) is 143 Å². The van der Waals surface area contributed by atoms with Crippen molar-refractivity contribution >= 4 is 24.0 Å². The fourth-order valence-electron chi connectivity index (χ4n) is 21.6. The van der Waals surface area contributed by atoms with Crippen molar-refractivity contribution in [3.63, 3.8) is 0 Å². The summed E-state index contributed by atoms with van der Waals surface area (Å²) in [5, 5.41) is 224. The van der Waals surface area contributed by atoms with Gasteiger partial charge in [-0.1, -0.05) is 51.5 Å². The van der Waals surface area contributed by atoms with Crippen molar-refractivity contribution < 1.29 is 192 Å². The zero-order chi connectivity index (χ0) is 86.6. The Bertz CT molecular complexity index is 3720. The van der Waals surface area contributed by atoms with E-state index in [1.807, 2.05) is 26.8 Å². The number of rotatable bonds is 23. The van der Waals surface area contributed by atoms with Crippen LogP contribution >= 0.6 is 0 Å². The lowest BCUT2D eigenvalue weighted by Gasteiger charge is -2.71. The smallest absolute Gasteiger partial charge is 0.331 e. The van der Waals surface area contributed by atoms with Gasteiger partial charge in [-0.15, -0.1) is 0 Å². The minimum atomic E-state index is -2.36. The topological polar surface area (TPSA) is 603 Å². The third-order valence-corrected chi connectivity index (χ3v) is 28.8. The lowest BCUT2D eigenvalue weighted by Crippen LogP contribution is -2.71. The van der Waals surface area contributed by atoms with E-state index >= 15 is 4.79 Å². The van der Waals surface area contributed by atoms with Crippen LogP contribution in [0.25, 0.3) is 6.08 Å². The van der Waals surface area contributed by atoms with Gasteiger partial charge in [0.1, 0.15) is 133 Å². The number of carbonyl (C=O) groups excluding carboxylic acids is 2. The number of hydrogen-bond acceptors (Lipinski definition) is 38. The zero-order valence-electron chi connectivity index (χ0n) is 67.6. The number of carboxylic acid groups (broad SMARTS) is 1. The second kappa shape index (κ2) is 35.5. The molecule has 5 aliphatic carbocycles. The van der Waals surface area contributed by atoms with E-state index in [4.69, 9.17) is 75.8 Å². The molecule has 0 bridgehead atoms. The number of carbonyl (C=O) groups is 3. The molecule has 0 spiro atoms. The summed E-state index contributed by atoms with van der Waals surface area (Å²) in [4.78, 5) is 45.2. The Labute approximate surface area is 685 Å². The summed E-state index contributed by atoms with van der Waals surface area (Å²) in [6.07, 6.45) is -54.0. The molecule has 0 aromatic heterocycles. The maximum atomic E-state index is 16.6. The van der Waals surface area contributed by atoms with Crippen LogP contribution in [0.15, 0.2) is 42.0 Å². The molecule has 7 aliphatic heterocycles. The van der Waals surface area contributed by atoms with Gasteiger partial charge in [-0.25, -0.2) is 4.79 Å². The van der Waals surface area contributed by atoms with E-state index in [9.17, 15) is 112 Å². The number of aliphatic hydroxyl groups is 19. The molecule has 39 nitrogen and oxygen atoms in total. The molecule has 7 heterocycles. The average Bonchev–Trinajstić information content (AvgIpc) is 0.754. The molecule has 674 valence electrons. The highest BCUT2D eigenvalue weighted by atomic mass is 16.8. The van der Waals surface area contributed by atoms with E-state index < -0.39 is 316 Å². The van der Waals surface area contributed by atoms with E-state index in [2.05, 4.69) is 6.92 Å². The zero-order valence-corrected chi connectivity index (χ0v) is 67.6. The third kappa shape index (κ3) is 16.4. The van der Waals surface area contributed by atoms with Crippen LogP contribution in [0.5, 0.6) is 5.75 Å². The van der Waals surface area contributed by atoms with Crippen LogP contribution in [0, 0.1) is 50.2 Å². The van der Waals surface area contributed by atoms with E-state index in [0.717, 1.165) is 11.6 Å². The van der Waals surface area contributed by atoms with Gasteiger partial charge in [0.2, 0.25) is 6.29 Å². The molecule has 1 aromatic rings. The van der Waals surface area contributed by atoms with Crippen molar-refractivity contribution in [2.75, 3.05) is 46.8 Å². The second-order valence-electron chi connectivity index (χ2n) is 36.2. The Hall–Kier alpha value is -4.37. The minimum Gasteiger partial charge on any atom is -0.497 e. The predicted octanol–water partition coefficient (Wildman–Crippen LogP) is -4.92. The van der Waals surface area contributed by atoms with Crippen LogP contribution in [-0.4, -0.2) is 375 Å². The molecule has 39 heteroatoms. The van der Waals surface area contributed by atoms with Gasteiger partial charge in [0.25, 0.3) is 0 Å². The molecule has 119 heavy (non-hydrogen) atoms. The summed E-state index contributed by atoms with van der Waals surface area (Å²) < 4.78 is 98.7. The fraction of sp³-hybridized carbons (Fsp3) is 0.838. The molecule has 20 N–H and O–H groups in total. The number of esters is 2. The van der Waals surface area contributed by atoms with Gasteiger partial charge in [0.05, 0.1) is 82.0 Å². The molecule has 0 amide bonds. The number of carboxylic acids is 1. The normalized spacial score (nSPS) is 50.5. The summed E-state index contributed by atoms with van der Waals surface area (Å²) in [6.45, 7) is 9.10. The number of aliphatic hydroxyl groups excluding tert-OH is 18. The molecule has 1 aromatic carbocycles. The van der Waals surface area contributed by atoms with Crippen LogP contribution in [0.2, 0.25) is 0 Å². The van der Waals surface area contributed by atoms with Crippen LogP contribution in [0.1, 0.15) is 119 Å². The Morgan fingerprint density at radius 2 is 1.08 bits per heavy atom. The van der Waals surface area contributed by atoms with Crippen LogP contribution < -0.4 is 4.74 Å². The largest absolute Gasteiger partial charge is 0.497 e. The lowest BCUT2D eigenvalue weighted by molar-refractivity contribution is -0.398. The highest BCUT2D eigenvalue weighted by Gasteiger charge is 2.74. The SMILES string of the molecule is COc1ccc(/C=C/C(=O)O[C@@H]2[C@H](O[C@@H]3O[C@@H](C)[C@H](O)[C@@H](O)[C@H]3O)[C@@H](O[C@@H]3O[C@@H](C)[C@H](O[C@@H]4OC[C@@H](O[C@@H]5O[C@H](CO)[C@H](O)[C@H](O)[C@H]5O)[C@H](O)[C@H]4O)[C@@H](O[C@@H]4OC[C@](O)(CO)[C@H]4O)[C@H]3O)[C@H](OC(=O)[C@]34CCC(C)(C)C[C@H]3C3=CC[C@@H]5[C@@]6(C)C[C@H](O)[C@H](O[C@@H]7O[C@H](CO)[C@@H](O)[C@H](O)[C@H]7O)[C@@](C)(C(=O)O)[C@@H]6CC[C@@]5(C)[C@]3(CO)CC4)O[C@@H]2C)cc1. The maximum absolute atomic E-state index is 16.6. The number of fused-ring (bicyclic) bond motifs is 7. The van der Waals surface area contributed by atoms with Gasteiger partial charge in [0.15, 0.2) is 49.9 Å². The van der Waals surface area contributed by atoms with E-state index in [1.165, 1.54) is 40.9 Å². The second-order valence-corrected chi connectivity index (χ2v) is 36.2. The Kier molecular flexibility index (Phi) is 27.5. The Balaban J connectivity index is 0.850. The summed E-state index contributed by atoms with van der Waals surface area (Å²) in [7, 11) is 1.47. The number of ether oxygens (including phenoxy) is 16. The number of aliphatic carboxylic acids is 1. The van der Waals surface area contributed by atoms with Gasteiger partial charge in [0, 0.05) is 11.5 Å². The molecular weight excluding hydrogens is 1580 g/mol. The molecule has 13 rings (SSSR count). The van der Waals surface area contributed by atoms with E-state index in [-0.39, 0.29) is 38.5 Å². The van der Waals surface area contributed by atoms with E-state index in [0.29, 0.717) is 30.6 Å². The number of benzene rings is 1. The minimum absolute atomic E-state index is 0.0390. The highest BCUT2D eigenvalue weighted by Crippen LogP contribution is 2.76. The summed E-state index contributed by atoms with van der Waals surface area (Å²) >= 11 is 0. The monoisotopic (exact) mass is 1700 g/mol. The standard InChI is InChI=1S/C80H120O39/c1-32-46(87)50(91)54(95)66(107-32)116-61-59(113-45(86)17-12-35-10-13-36(104-9)14-11-35)34(3)109-70(62(61)117-69-57(98)60(115-71-63(99)80(103,30-84)31-106-71)58(33(2)108-69)114-65-53(94)49(90)42(28-105-65)112-67-55(96)51(92)47(88)40(26-81)110-67)119-73(102)78-21-20-74(4,5)24-38(78)37-15-16-43-75(6)25-39(85)64(118-68-56(97)52(93)48(89)41(27-82)111-68)77(8,72(100)101)44(75)18-19-76(43,7)79(37,29-83)23-22-78/h10-15,17,32-34,38-44,46-71,81-85,87-99,103H,16,18-31H2,1-9H3,(H,100,101)/b17-12+/t32-,33-,34+,38-,39-,40+,41+,42+,43+,44+,46-,47-,48+,49-,50+,51-,52-,53+,54+,55+,56+,57+,58-,59-,60-,61-,62+,63-,64-,65-,66-,67-,68-,69-,70-,71-,75+,76+,77-,78-,79-,80+/m0/s1. The first kappa shape index (κ1) is 92.3. The number of allylic oxidation sites excluding steroid dienone is 1. The van der Waals surface area contributed by atoms with Gasteiger partial charge in [-0.2, -0.15) is 0 Å². The summed E-state index contributed by atoms with van der Waals surface area (Å²) in [5.74, 6) is -4.72. The first-order valence-corrected chi connectivity index (χ1v) is 40.9. The third-order valence-electron chi connectivity index (χ3n) is 28.8. The number of methoxy groups -OCH3 is 1. The average molecular weight is 1710 g/mol. The van der Waals surface area contributed by atoms with Crippen molar-refractivity contribution in [2.24, 2.45) is 50.2 Å². The molecule has 42 atom stereocenters. The van der Waals surface area contributed by atoms with Crippen molar-refractivity contribution in [1.29, 1.82) is 0 Å². The maximum Gasteiger partial charge on any atom is 0.331 e. The van der Waals surface area contributed by atoms with Gasteiger partial charge < -0.3 is 178 Å². The number of hydrogen-bond donors (Lipinski definition) is 20. The van der Waals surface area contributed by atoms with Crippen LogP contribution in [0.4, 0.5) is 0 Å². The Morgan fingerprint density at radius 1 is 0.521 bits per heavy atom. The molecular formula is C80H120O39. The van der Waals surface area contributed by atoms with Gasteiger partial charge >= 0.3 is 17.9 Å². The van der Waals surface area contributed by atoms with Crippen molar-refractivity contribution in [2.45, 2.75) is 322 Å². The van der Waals surface area contributed by atoms with Crippen molar-refractivity contribution in [3.8, 4) is 5.75 Å². The predicted molar refractivity (Wildman–Crippen MR) is 395 cm³/mol. The first-order chi connectivity index (χ1) is 56.1. The van der Waals surface area contributed by atoms with Crippen molar-refractivity contribution in [1.82, 2.24) is 0 Å². The quantitative estimate of drug-likeness (QED) is 0.0211. The first-order valence-electron chi connectivity index (χ1n) is 40.9. The van der Waals surface area contributed by atoms with Crippen molar-refractivity contribution in [3.05, 3.63) is 47.6 Å². The fourth-order valence-corrected chi connectivity index (χ4v) is 21.6. The molecule has 0 radical (unpaired) electrons. The highest BCUT2D eigenvalue weighted by molar-refractivity contribution is 5.87. The summed E-state index contributed by atoms with van der Waals surface area (Å²) in [5.41, 5.74) is -8.10.